The summed E-state index contributed by atoms with van der Waals surface area (Å²) in [7, 11) is 0. The number of para-hydroxylation sites is 1. The molecular weight excluding hydrogens is 639 g/mol. The Morgan fingerprint density at radius 1 is 0.442 bits per heavy atom. The molecule has 2 aromatic heterocycles. The Morgan fingerprint density at radius 2 is 1.12 bits per heavy atom. The van der Waals surface area contributed by atoms with Crippen molar-refractivity contribution in [3.8, 4) is 51.0 Å². The second-order valence-electron chi connectivity index (χ2n) is 13.5. The lowest BCUT2D eigenvalue weighted by molar-refractivity contribution is 0.269. The maximum absolute atomic E-state index is 6.43. The normalized spacial score (nSPS) is 16.1. The Balaban J connectivity index is 1.13. The smallest absolute Gasteiger partial charge is 0.164 e. The number of rotatable bonds is 4. The summed E-state index contributed by atoms with van der Waals surface area (Å²) >= 11 is 0. The summed E-state index contributed by atoms with van der Waals surface area (Å²) in [5, 5.41) is 6.72. The molecular formula is C47H29N3O2. The lowest BCUT2D eigenvalue weighted by atomic mass is 9.84. The van der Waals surface area contributed by atoms with Crippen molar-refractivity contribution < 1.29 is 9.15 Å². The fourth-order valence-corrected chi connectivity index (χ4v) is 7.95. The van der Waals surface area contributed by atoms with Crippen molar-refractivity contribution in [1.82, 2.24) is 15.0 Å². The number of allylic oxidation sites excluding steroid dienone is 2. The molecule has 0 N–H and O–H groups in total. The van der Waals surface area contributed by atoms with E-state index < -0.39 is 0 Å². The van der Waals surface area contributed by atoms with Gasteiger partial charge in [-0.15, -0.1) is 0 Å². The number of aromatic nitrogens is 3. The Kier molecular flexibility index (Phi) is 6.31. The molecule has 11 rings (SSSR count). The highest BCUT2D eigenvalue weighted by atomic mass is 16.5. The first-order valence-electron chi connectivity index (χ1n) is 17.6. The second-order valence-corrected chi connectivity index (χ2v) is 13.5. The van der Waals surface area contributed by atoms with Crippen LogP contribution in [0.5, 0.6) is 5.75 Å². The molecule has 9 aromatic rings. The van der Waals surface area contributed by atoms with Crippen LogP contribution in [-0.4, -0.2) is 21.1 Å². The minimum atomic E-state index is -0.00436. The fraction of sp³-hybridized carbons (Fsp3) is 0.0426. The lowest BCUT2D eigenvalue weighted by Gasteiger charge is -2.17. The van der Waals surface area contributed by atoms with Crippen LogP contribution in [0, 0.1) is 0 Å². The van der Waals surface area contributed by atoms with Gasteiger partial charge in [0.1, 0.15) is 23.0 Å². The van der Waals surface area contributed by atoms with E-state index in [2.05, 4.69) is 140 Å². The van der Waals surface area contributed by atoms with Crippen LogP contribution in [0.3, 0.4) is 0 Å². The average molecular weight is 668 g/mol. The third-order valence-electron chi connectivity index (χ3n) is 10.4. The number of furan rings is 1. The van der Waals surface area contributed by atoms with Gasteiger partial charge < -0.3 is 9.15 Å². The Labute approximate surface area is 299 Å². The molecule has 0 radical (unpaired) electrons. The van der Waals surface area contributed by atoms with Gasteiger partial charge in [0.2, 0.25) is 0 Å². The molecule has 1 aliphatic carbocycles. The van der Waals surface area contributed by atoms with E-state index in [9.17, 15) is 0 Å². The number of ether oxygens (including phenoxy) is 1. The fourth-order valence-electron chi connectivity index (χ4n) is 7.95. The zero-order valence-corrected chi connectivity index (χ0v) is 27.9. The van der Waals surface area contributed by atoms with Crippen LogP contribution in [0.15, 0.2) is 168 Å². The summed E-state index contributed by atoms with van der Waals surface area (Å²) in [6.45, 7) is 0. The summed E-state index contributed by atoms with van der Waals surface area (Å²) in [4.78, 5) is 15.5. The molecule has 0 saturated heterocycles. The summed E-state index contributed by atoms with van der Waals surface area (Å²) in [5.74, 6) is 2.88. The Hall–Kier alpha value is -6.85. The van der Waals surface area contributed by atoms with Crippen LogP contribution in [0.1, 0.15) is 11.5 Å². The van der Waals surface area contributed by atoms with Crippen molar-refractivity contribution in [2.45, 2.75) is 12.0 Å². The van der Waals surface area contributed by atoms with Crippen LogP contribution >= 0.6 is 0 Å². The molecule has 5 heteroatoms. The van der Waals surface area contributed by atoms with E-state index in [4.69, 9.17) is 24.1 Å². The molecule has 0 spiro atoms. The van der Waals surface area contributed by atoms with Gasteiger partial charge in [0, 0.05) is 38.9 Å². The van der Waals surface area contributed by atoms with E-state index in [-0.39, 0.29) is 12.0 Å². The molecule has 5 nitrogen and oxygen atoms in total. The van der Waals surface area contributed by atoms with E-state index in [1.54, 1.807) is 0 Å². The van der Waals surface area contributed by atoms with E-state index in [0.717, 1.165) is 71.7 Å². The standard InChI is InChI=1S/C47H29N3O2/c1-2-11-29-24-31(21-20-28(29)10-1)45-48-46(32-22-23-36-35-14-5-7-17-40(35)52-43(36)27-32)50-47(49-45)33-25-30-12-3-4-13-34(30)39(26-33)37-16-9-19-42-44(37)38-15-6-8-18-41(38)51-42/h1-27,38,41H. The largest absolute Gasteiger partial charge is 0.485 e. The van der Waals surface area contributed by atoms with Gasteiger partial charge in [-0.25, -0.2) is 15.0 Å². The SMILES string of the molecule is C1=CC2Oc3cccc(-c4cc(-c5nc(-c6ccc7ccccc7c6)nc(-c6ccc7c(c6)oc6ccccc67)n5)cc5ccccc45)c3C2C=C1. The number of hydrogen-bond donors (Lipinski definition) is 0. The van der Waals surface area contributed by atoms with Crippen LogP contribution in [-0.2, 0) is 0 Å². The molecule has 2 aliphatic rings. The van der Waals surface area contributed by atoms with Crippen molar-refractivity contribution in [2.75, 3.05) is 0 Å². The quantitative estimate of drug-likeness (QED) is 0.187. The van der Waals surface area contributed by atoms with Gasteiger partial charge in [-0.2, -0.15) is 0 Å². The Bertz CT molecular complexity index is 2970. The Morgan fingerprint density at radius 3 is 2.00 bits per heavy atom. The number of fused-ring (bicyclic) bond motifs is 8. The summed E-state index contributed by atoms with van der Waals surface area (Å²) < 4.78 is 12.7. The van der Waals surface area contributed by atoms with Gasteiger partial charge in [0.25, 0.3) is 0 Å². The van der Waals surface area contributed by atoms with Gasteiger partial charge in [-0.05, 0) is 81.2 Å². The van der Waals surface area contributed by atoms with Crippen molar-refractivity contribution >= 4 is 43.5 Å². The minimum absolute atomic E-state index is 0.00436. The average Bonchev–Trinajstić information content (AvgIpc) is 3.78. The highest BCUT2D eigenvalue weighted by molar-refractivity contribution is 6.06. The zero-order valence-electron chi connectivity index (χ0n) is 27.9. The van der Waals surface area contributed by atoms with E-state index in [1.807, 2.05) is 24.3 Å². The van der Waals surface area contributed by atoms with E-state index >= 15 is 0 Å². The van der Waals surface area contributed by atoms with Crippen molar-refractivity contribution in [3.05, 3.63) is 169 Å². The topological polar surface area (TPSA) is 61.0 Å². The maximum atomic E-state index is 6.43. The van der Waals surface area contributed by atoms with Crippen molar-refractivity contribution in [2.24, 2.45) is 0 Å². The number of hydrogen-bond acceptors (Lipinski definition) is 5. The molecule has 0 amide bonds. The van der Waals surface area contributed by atoms with Crippen LogP contribution < -0.4 is 4.74 Å². The second kappa shape index (κ2) is 11.3. The molecule has 7 aromatic carbocycles. The summed E-state index contributed by atoms with van der Waals surface area (Å²) in [6.07, 6.45) is 8.58. The predicted molar refractivity (Wildman–Crippen MR) is 209 cm³/mol. The zero-order chi connectivity index (χ0) is 34.2. The first-order valence-corrected chi connectivity index (χ1v) is 17.6. The van der Waals surface area contributed by atoms with Crippen LogP contribution in [0.4, 0.5) is 0 Å². The molecule has 0 saturated carbocycles. The summed E-state index contributed by atoms with van der Waals surface area (Å²) in [5.41, 5.74) is 7.84. The van der Waals surface area contributed by atoms with Gasteiger partial charge in [-0.1, -0.05) is 115 Å². The van der Waals surface area contributed by atoms with E-state index in [1.165, 1.54) is 10.9 Å². The maximum Gasteiger partial charge on any atom is 0.164 e. The monoisotopic (exact) mass is 667 g/mol. The van der Waals surface area contributed by atoms with Gasteiger partial charge >= 0.3 is 0 Å². The van der Waals surface area contributed by atoms with Crippen LogP contribution in [0.25, 0.3) is 88.8 Å². The molecule has 0 fully saturated rings. The summed E-state index contributed by atoms with van der Waals surface area (Å²) in [6, 6.07) is 48.4. The molecule has 244 valence electrons. The van der Waals surface area contributed by atoms with Gasteiger partial charge in [-0.3, -0.25) is 0 Å². The molecule has 0 bridgehead atoms. The molecule has 3 heterocycles. The van der Waals surface area contributed by atoms with Crippen molar-refractivity contribution in [1.29, 1.82) is 0 Å². The first kappa shape index (κ1) is 28.9. The lowest BCUT2D eigenvalue weighted by Crippen LogP contribution is -2.15. The van der Waals surface area contributed by atoms with Gasteiger partial charge in [0.05, 0.1) is 0 Å². The first-order chi connectivity index (χ1) is 25.7. The minimum Gasteiger partial charge on any atom is -0.485 e. The predicted octanol–water partition coefficient (Wildman–Crippen LogP) is 11.7. The number of nitrogens with zero attached hydrogens (tertiary/aromatic N) is 3. The van der Waals surface area contributed by atoms with Gasteiger partial charge in [0.15, 0.2) is 17.5 Å². The third kappa shape index (κ3) is 4.60. The number of benzene rings is 7. The highest BCUT2D eigenvalue weighted by Crippen LogP contribution is 2.48. The van der Waals surface area contributed by atoms with Crippen molar-refractivity contribution in [3.63, 3.8) is 0 Å². The molecule has 2 unspecified atom stereocenters. The molecule has 52 heavy (non-hydrogen) atoms. The molecule has 2 atom stereocenters. The van der Waals surface area contributed by atoms with E-state index in [0.29, 0.717) is 17.5 Å². The van der Waals surface area contributed by atoms with Crippen LogP contribution in [0.2, 0.25) is 0 Å². The highest BCUT2D eigenvalue weighted by Gasteiger charge is 2.34. The molecule has 1 aliphatic heterocycles. The third-order valence-corrected chi connectivity index (χ3v) is 10.4.